The zero-order chi connectivity index (χ0) is 21.5. The Kier molecular flexibility index (Phi) is 5.51. The molecule has 162 valence electrons. The Morgan fingerprint density at radius 2 is 1.65 bits per heavy atom. The summed E-state index contributed by atoms with van der Waals surface area (Å²) in [5, 5.41) is 13.7. The summed E-state index contributed by atoms with van der Waals surface area (Å²) in [6.07, 6.45) is 2.98. The SMILES string of the molecule is Clc1ccc(OCc2nnc(C34CC(NCCOc5ccc(Cl)c(Cl)c5)(C3)C4)o2)cc1. The number of hydrogen-bond donors (Lipinski definition) is 1. The second kappa shape index (κ2) is 8.17. The first kappa shape index (κ1) is 20.9. The van der Waals surface area contributed by atoms with E-state index in [0.29, 0.717) is 45.0 Å². The zero-order valence-corrected chi connectivity index (χ0v) is 18.8. The molecule has 3 aliphatic rings. The lowest BCUT2D eigenvalue weighted by Gasteiger charge is -2.69. The van der Waals surface area contributed by atoms with Gasteiger partial charge in [0, 0.05) is 23.2 Å². The van der Waals surface area contributed by atoms with Crippen LogP contribution in [0.3, 0.4) is 0 Å². The number of nitrogens with zero attached hydrogens (tertiary/aromatic N) is 2. The molecule has 1 aromatic heterocycles. The lowest BCUT2D eigenvalue weighted by molar-refractivity contribution is -0.105. The number of aromatic nitrogens is 2. The number of hydrogen-bond acceptors (Lipinski definition) is 6. The topological polar surface area (TPSA) is 69.4 Å². The number of ether oxygens (including phenoxy) is 2. The van der Waals surface area contributed by atoms with Gasteiger partial charge in [-0.3, -0.25) is 0 Å². The van der Waals surface area contributed by atoms with Crippen LogP contribution in [0, 0.1) is 0 Å². The van der Waals surface area contributed by atoms with Gasteiger partial charge in [-0.25, -0.2) is 0 Å². The predicted molar refractivity (Wildman–Crippen MR) is 118 cm³/mol. The Bertz CT molecular complexity index is 1070. The molecule has 0 saturated heterocycles. The summed E-state index contributed by atoms with van der Waals surface area (Å²) in [6.45, 7) is 1.54. The molecule has 3 aliphatic carbocycles. The maximum absolute atomic E-state index is 6.01. The van der Waals surface area contributed by atoms with E-state index < -0.39 is 0 Å². The quantitative estimate of drug-likeness (QED) is 0.411. The maximum Gasteiger partial charge on any atom is 0.253 e. The van der Waals surface area contributed by atoms with Crippen molar-refractivity contribution in [1.82, 2.24) is 15.5 Å². The molecule has 1 heterocycles. The summed E-state index contributed by atoms with van der Waals surface area (Å²) in [5.41, 5.74) is 0.151. The summed E-state index contributed by atoms with van der Waals surface area (Å²) in [5.74, 6) is 2.61. The van der Waals surface area contributed by atoms with Crippen molar-refractivity contribution in [2.45, 2.75) is 36.8 Å². The third kappa shape index (κ3) is 4.22. The largest absolute Gasteiger partial charge is 0.492 e. The number of nitrogens with one attached hydrogen (secondary N) is 1. The van der Waals surface area contributed by atoms with Gasteiger partial charge in [0.1, 0.15) is 18.1 Å². The van der Waals surface area contributed by atoms with E-state index in [1.807, 2.05) is 6.07 Å². The van der Waals surface area contributed by atoms with Crippen molar-refractivity contribution in [3.8, 4) is 11.5 Å². The highest BCUT2D eigenvalue weighted by atomic mass is 35.5. The second-order valence-electron chi connectivity index (χ2n) is 8.19. The molecular formula is C22H20Cl3N3O3. The van der Waals surface area contributed by atoms with E-state index in [4.69, 9.17) is 48.7 Å². The molecule has 0 amide bonds. The van der Waals surface area contributed by atoms with Crippen LogP contribution in [0.4, 0.5) is 0 Å². The van der Waals surface area contributed by atoms with E-state index in [-0.39, 0.29) is 17.6 Å². The van der Waals surface area contributed by atoms with E-state index in [2.05, 4.69) is 15.5 Å². The molecule has 0 atom stereocenters. The fraction of sp³-hybridized carbons (Fsp3) is 0.364. The first-order valence-corrected chi connectivity index (χ1v) is 11.1. The Balaban J connectivity index is 1.06. The fourth-order valence-electron chi connectivity index (χ4n) is 4.46. The number of halogens is 3. The van der Waals surface area contributed by atoms with Crippen molar-refractivity contribution in [2.24, 2.45) is 0 Å². The Hall–Kier alpha value is -1.99. The number of rotatable bonds is 9. The first-order chi connectivity index (χ1) is 15.0. The zero-order valence-electron chi connectivity index (χ0n) is 16.5. The molecule has 6 rings (SSSR count). The van der Waals surface area contributed by atoms with Crippen molar-refractivity contribution in [1.29, 1.82) is 0 Å². The molecule has 3 aromatic rings. The van der Waals surface area contributed by atoms with E-state index >= 15 is 0 Å². The van der Waals surface area contributed by atoms with Gasteiger partial charge >= 0.3 is 0 Å². The van der Waals surface area contributed by atoms with Gasteiger partial charge in [0.25, 0.3) is 5.89 Å². The van der Waals surface area contributed by atoms with Gasteiger partial charge in [0.2, 0.25) is 5.89 Å². The molecule has 2 aromatic carbocycles. The molecule has 0 spiro atoms. The van der Waals surface area contributed by atoms with Gasteiger partial charge in [-0.1, -0.05) is 34.8 Å². The van der Waals surface area contributed by atoms with Crippen molar-refractivity contribution in [3.63, 3.8) is 0 Å². The Morgan fingerprint density at radius 1 is 0.903 bits per heavy atom. The van der Waals surface area contributed by atoms with Crippen LogP contribution in [-0.2, 0) is 12.0 Å². The normalized spacial score (nSPS) is 23.7. The minimum absolute atomic E-state index is 0.00306. The van der Waals surface area contributed by atoms with E-state index in [0.717, 1.165) is 25.8 Å². The second-order valence-corrected chi connectivity index (χ2v) is 9.44. The molecule has 3 saturated carbocycles. The fourth-order valence-corrected chi connectivity index (χ4v) is 4.87. The highest BCUT2D eigenvalue weighted by Gasteiger charge is 2.70. The van der Waals surface area contributed by atoms with Gasteiger partial charge in [-0.2, -0.15) is 0 Å². The summed E-state index contributed by atoms with van der Waals surface area (Å²) in [4.78, 5) is 0. The molecule has 1 N–H and O–H groups in total. The van der Waals surface area contributed by atoms with Crippen LogP contribution >= 0.6 is 34.8 Å². The highest BCUT2D eigenvalue weighted by Crippen LogP contribution is 2.67. The maximum atomic E-state index is 6.01. The van der Waals surface area contributed by atoms with Crippen LogP contribution in [0.5, 0.6) is 11.5 Å². The van der Waals surface area contributed by atoms with Crippen molar-refractivity contribution in [3.05, 3.63) is 69.3 Å². The Morgan fingerprint density at radius 3 is 2.39 bits per heavy atom. The summed E-state index contributed by atoms with van der Waals surface area (Å²) in [6, 6.07) is 12.4. The Labute approximate surface area is 194 Å². The highest BCUT2D eigenvalue weighted by molar-refractivity contribution is 6.42. The molecule has 0 unspecified atom stereocenters. The van der Waals surface area contributed by atoms with Gasteiger partial charge < -0.3 is 19.2 Å². The van der Waals surface area contributed by atoms with E-state index in [9.17, 15) is 0 Å². The summed E-state index contributed by atoms with van der Waals surface area (Å²) < 4.78 is 17.3. The third-order valence-electron chi connectivity index (χ3n) is 5.89. The average molecular weight is 481 g/mol. The molecule has 3 fully saturated rings. The summed E-state index contributed by atoms with van der Waals surface area (Å²) in [7, 11) is 0. The minimum Gasteiger partial charge on any atom is -0.492 e. The minimum atomic E-state index is 0.00306. The van der Waals surface area contributed by atoms with Crippen LogP contribution in [0.15, 0.2) is 46.9 Å². The van der Waals surface area contributed by atoms with Crippen LogP contribution in [0.1, 0.15) is 31.0 Å². The molecule has 0 radical (unpaired) electrons. The molecule has 0 aliphatic heterocycles. The molecular weight excluding hydrogens is 461 g/mol. The standard InChI is InChI=1S/C22H20Cl3N3O3/c23-14-1-3-15(4-2-14)30-10-19-27-28-20(31-19)21-11-22(12-21,13-21)26-7-8-29-16-5-6-17(24)18(25)9-16/h1-6,9,26H,7-8,10-13H2. The van der Waals surface area contributed by atoms with E-state index in [1.165, 1.54) is 0 Å². The smallest absolute Gasteiger partial charge is 0.253 e. The third-order valence-corrected chi connectivity index (χ3v) is 6.88. The number of benzene rings is 2. The first-order valence-electron chi connectivity index (χ1n) is 10.00. The summed E-state index contributed by atoms with van der Waals surface area (Å²) >= 11 is 17.8. The van der Waals surface area contributed by atoms with Crippen LogP contribution in [-0.4, -0.2) is 28.9 Å². The monoisotopic (exact) mass is 479 g/mol. The van der Waals surface area contributed by atoms with Crippen molar-refractivity contribution in [2.75, 3.05) is 13.2 Å². The van der Waals surface area contributed by atoms with Gasteiger partial charge in [-0.15, -0.1) is 10.2 Å². The van der Waals surface area contributed by atoms with Crippen LogP contribution < -0.4 is 14.8 Å². The van der Waals surface area contributed by atoms with Gasteiger partial charge in [-0.05, 0) is 55.7 Å². The van der Waals surface area contributed by atoms with Crippen LogP contribution in [0.2, 0.25) is 15.1 Å². The lowest BCUT2D eigenvalue weighted by Crippen LogP contribution is -2.76. The lowest BCUT2D eigenvalue weighted by atomic mass is 9.39. The molecule has 9 heteroatoms. The predicted octanol–water partition coefficient (Wildman–Crippen LogP) is 5.45. The van der Waals surface area contributed by atoms with Gasteiger partial charge in [0.15, 0.2) is 6.61 Å². The average Bonchev–Trinajstić information content (AvgIpc) is 3.16. The van der Waals surface area contributed by atoms with Crippen LogP contribution in [0.25, 0.3) is 0 Å². The van der Waals surface area contributed by atoms with E-state index in [1.54, 1.807) is 36.4 Å². The molecule has 2 bridgehead atoms. The molecule has 6 nitrogen and oxygen atoms in total. The van der Waals surface area contributed by atoms with Crippen molar-refractivity contribution < 1.29 is 13.9 Å². The van der Waals surface area contributed by atoms with Crippen molar-refractivity contribution >= 4 is 34.8 Å². The molecule has 31 heavy (non-hydrogen) atoms. The van der Waals surface area contributed by atoms with Gasteiger partial charge in [0.05, 0.1) is 15.5 Å².